The number of piperidine rings is 1. The zero-order chi connectivity index (χ0) is 15.2. The van der Waals surface area contributed by atoms with Gasteiger partial charge in [-0.05, 0) is 62.4 Å². The van der Waals surface area contributed by atoms with Crippen molar-refractivity contribution in [3.8, 4) is 0 Å². The van der Waals surface area contributed by atoms with Gasteiger partial charge in [0.1, 0.15) is 5.82 Å². The van der Waals surface area contributed by atoms with Crippen LogP contribution in [0.4, 0.5) is 4.39 Å². The summed E-state index contributed by atoms with van der Waals surface area (Å²) < 4.78 is 18.6. The van der Waals surface area contributed by atoms with Gasteiger partial charge in [0.15, 0.2) is 0 Å². The monoisotopic (exact) mass is 342 g/mol. The van der Waals surface area contributed by atoms with E-state index in [4.69, 9.17) is 4.74 Å². The van der Waals surface area contributed by atoms with Crippen LogP contribution in [0.2, 0.25) is 0 Å². The predicted octanol–water partition coefficient (Wildman–Crippen LogP) is 3.23. The first-order chi connectivity index (χ1) is 10.8. The molecule has 23 heavy (non-hydrogen) atoms. The standard InChI is InChI=1S/C18H27FN2O.ClH/c19-17-3-1-15(2-4-17)13-21(18-7-11-22-12-8-18)14-16-5-9-20-10-6-16;/h1-4,16,18,20H,5-14H2;1H. The summed E-state index contributed by atoms with van der Waals surface area (Å²) in [4.78, 5) is 2.62. The first kappa shape index (κ1) is 18.7. The van der Waals surface area contributed by atoms with Gasteiger partial charge in [-0.1, -0.05) is 12.1 Å². The molecule has 2 fully saturated rings. The largest absolute Gasteiger partial charge is 0.381 e. The van der Waals surface area contributed by atoms with Crippen LogP contribution in [0.3, 0.4) is 0 Å². The normalized spacial score (nSPS) is 20.4. The van der Waals surface area contributed by atoms with Gasteiger partial charge in [0.25, 0.3) is 0 Å². The fourth-order valence-corrected chi connectivity index (χ4v) is 3.61. The van der Waals surface area contributed by atoms with Crippen molar-refractivity contribution < 1.29 is 9.13 Å². The second-order valence-electron chi connectivity index (χ2n) is 6.59. The third-order valence-corrected chi connectivity index (χ3v) is 4.96. The Bertz CT molecular complexity index is 445. The topological polar surface area (TPSA) is 24.5 Å². The van der Waals surface area contributed by atoms with Crippen LogP contribution in [0.5, 0.6) is 0 Å². The molecule has 2 heterocycles. The number of benzene rings is 1. The quantitative estimate of drug-likeness (QED) is 0.889. The Morgan fingerprint density at radius 1 is 1.04 bits per heavy atom. The van der Waals surface area contributed by atoms with Gasteiger partial charge in [-0.25, -0.2) is 4.39 Å². The van der Waals surface area contributed by atoms with Crippen LogP contribution in [0.1, 0.15) is 31.2 Å². The van der Waals surface area contributed by atoms with E-state index in [2.05, 4.69) is 10.2 Å². The number of ether oxygens (including phenoxy) is 1. The van der Waals surface area contributed by atoms with Crippen molar-refractivity contribution in [2.24, 2.45) is 5.92 Å². The molecule has 130 valence electrons. The lowest BCUT2D eigenvalue weighted by molar-refractivity contribution is 0.0229. The highest BCUT2D eigenvalue weighted by atomic mass is 35.5. The molecular formula is C18H28ClFN2O. The molecule has 3 nitrogen and oxygen atoms in total. The maximum Gasteiger partial charge on any atom is 0.123 e. The van der Waals surface area contributed by atoms with Crippen molar-refractivity contribution >= 4 is 12.4 Å². The molecule has 0 radical (unpaired) electrons. The molecule has 3 rings (SSSR count). The van der Waals surface area contributed by atoms with Crippen molar-refractivity contribution in [2.75, 3.05) is 32.8 Å². The maximum absolute atomic E-state index is 13.1. The highest BCUT2D eigenvalue weighted by molar-refractivity contribution is 5.85. The zero-order valence-corrected chi connectivity index (χ0v) is 14.5. The molecule has 2 aliphatic rings. The third-order valence-electron chi connectivity index (χ3n) is 4.96. The highest BCUT2D eigenvalue weighted by Gasteiger charge is 2.25. The smallest absolute Gasteiger partial charge is 0.123 e. The van der Waals surface area contributed by atoms with E-state index >= 15 is 0 Å². The van der Waals surface area contributed by atoms with Crippen molar-refractivity contribution in [3.63, 3.8) is 0 Å². The van der Waals surface area contributed by atoms with E-state index in [1.54, 1.807) is 12.1 Å². The lowest BCUT2D eigenvalue weighted by Gasteiger charge is -2.37. The van der Waals surface area contributed by atoms with Crippen LogP contribution in [0, 0.1) is 11.7 Å². The fraction of sp³-hybridized carbons (Fsp3) is 0.667. The average Bonchev–Trinajstić information content (AvgIpc) is 2.58. The summed E-state index contributed by atoms with van der Waals surface area (Å²) in [5.41, 5.74) is 1.21. The Kier molecular flexibility index (Phi) is 7.77. The van der Waals surface area contributed by atoms with E-state index in [0.717, 1.165) is 58.2 Å². The molecule has 1 N–H and O–H groups in total. The van der Waals surface area contributed by atoms with Crippen LogP contribution in [0.15, 0.2) is 24.3 Å². The molecule has 0 amide bonds. The summed E-state index contributed by atoms with van der Waals surface area (Å²) in [6.45, 7) is 6.11. The summed E-state index contributed by atoms with van der Waals surface area (Å²) in [7, 11) is 0. The molecule has 0 aromatic heterocycles. The summed E-state index contributed by atoms with van der Waals surface area (Å²) in [6.07, 6.45) is 4.77. The van der Waals surface area contributed by atoms with Gasteiger partial charge >= 0.3 is 0 Å². The molecule has 0 aliphatic carbocycles. The average molecular weight is 343 g/mol. The minimum atomic E-state index is -0.153. The van der Waals surface area contributed by atoms with E-state index in [9.17, 15) is 4.39 Å². The van der Waals surface area contributed by atoms with Crippen LogP contribution in [0.25, 0.3) is 0 Å². The molecule has 5 heteroatoms. The Morgan fingerprint density at radius 2 is 1.70 bits per heavy atom. The van der Waals surface area contributed by atoms with Gasteiger partial charge in [0.2, 0.25) is 0 Å². The van der Waals surface area contributed by atoms with Crippen LogP contribution < -0.4 is 5.32 Å². The number of halogens is 2. The molecule has 0 atom stereocenters. The molecule has 2 aliphatic heterocycles. The third kappa shape index (κ3) is 5.71. The van der Waals surface area contributed by atoms with Gasteiger partial charge in [-0.2, -0.15) is 0 Å². The number of hydrogen-bond acceptors (Lipinski definition) is 3. The first-order valence-corrected chi connectivity index (χ1v) is 8.58. The number of nitrogens with zero attached hydrogens (tertiary/aromatic N) is 1. The highest BCUT2D eigenvalue weighted by Crippen LogP contribution is 2.22. The Labute approximate surface area is 145 Å². The Balaban J connectivity index is 0.00000192. The summed E-state index contributed by atoms with van der Waals surface area (Å²) in [6, 6.07) is 7.59. The molecule has 2 saturated heterocycles. The van der Waals surface area contributed by atoms with E-state index in [-0.39, 0.29) is 18.2 Å². The molecule has 1 aromatic carbocycles. The van der Waals surface area contributed by atoms with Crippen LogP contribution >= 0.6 is 12.4 Å². The molecule has 0 saturated carbocycles. The summed E-state index contributed by atoms with van der Waals surface area (Å²) in [5.74, 6) is 0.629. The molecular weight excluding hydrogens is 315 g/mol. The summed E-state index contributed by atoms with van der Waals surface area (Å²) in [5, 5.41) is 3.44. The lowest BCUT2D eigenvalue weighted by Crippen LogP contribution is -2.43. The zero-order valence-electron chi connectivity index (χ0n) is 13.7. The minimum Gasteiger partial charge on any atom is -0.381 e. The number of nitrogens with one attached hydrogen (secondary N) is 1. The summed E-state index contributed by atoms with van der Waals surface area (Å²) >= 11 is 0. The predicted molar refractivity (Wildman–Crippen MR) is 93.5 cm³/mol. The van der Waals surface area contributed by atoms with E-state index < -0.39 is 0 Å². The SMILES string of the molecule is Cl.Fc1ccc(CN(CC2CCNCC2)C2CCOCC2)cc1. The molecule has 0 bridgehead atoms. The number of rotatable bonds is 5. The van der Waals surface area contributed by atoms with Crippen LogP contribution in [-0.2, 0) is 11.3 Å². The molecule has 1 aromatic rings. The fourth-order valence-electron chi connectivity index (χ4n) is 3.61. The van der Waals surface area contributed by atoms with E-state index in [1.807, 2.05) is 12.1 Å². The minimum absolute atomic E-state index is 0. The second-order valence-corrected chi connectivity index (χ2v) is 6.59. The van der Waals surface area contributed by atoms with Gasteiger partial charge in [-0.3, -0.25) is 4.90 Å². The van der Waals surface area contributed by atoms with Gasteiger partial charge in [0.05, 0.1) is 0 Å². The van der Waals surface area contributed by atoms with Crippen molar-refractivity contribution in [2.45, 2.75) is 38.3 Å². The maximum atomic E-state index is 13.1. The first-order valence-electron chi connectivity index (χ1n) is 8.58. The second kappa shape index (κ2) is 9.58. The van der Waals surface area contributed by atoms with Crippen molar-refractivity contribution in [1.82, 2.24) is 10.2 Å². The van der Waals surface area contributed by atoms with E-state index in [0.29, 0.717) is 6.04 Å². The lowest BCUT2D eigenvalue weighted by atomic mass is 9.95. The molecule has 0 unspecified atom stereocenters. The van der Waals surface area contributed by atoms with E-state index in [1.165, 1.54) is 18.4 Å². The van der Waals surface area contributed by atoms with Crippen LogP contribution in [-0.4, -0.2) is 43.8 Å². The molecule has 0 spiro atoms. The number of hydrogen-bond donors (Lipinski definition) is 1. The van der Waals surface area contributed by atoms with Gasteiger partial charge in [0, 0.05) is 32.3 Å². The van der Waals surface area contributed by atoms with Gasteiger partial charge < -0.3 is 10.1 Å². The van der Waals surface area contributed by atoms with Crippen molar-refractivity contribution in [3.05, 3.63) is 35.6 Å². The Morgan fingerprint density at radius 3 is 2.35 bits per heavy atom. The van der Waals surface area contributed by atoms with Gasteiger partial charge in [-0.15, -0.1) is 12.4 Å². The Hall–Kier alpha value is -0.680. The van der Waals surface area contributed by atoms with Crippen molar-refractivity contribution in [1.29, 1.82) is 0 Å².